The first-order valence-electron chi connectivity index (χ1n) is 6.72. The Bertz CT molecular complexity index is 415. The van der Waals surface area contributed by atoms with E-state index in [2.05, 4.69) is 18.7 Å². The van der Waals surface area contributed by atoms with Gasteiger partial charge >= 0.3 is 0 Å². The maximum Gasteiger partial charge on any atom is 0.161 e. The first kappa shape index (κ1) is 13.2. The molecule has 0 aliphatic carbocycles. The minimum absolute atomic E-state index is 0.223. The highest BCUT2D eigenvalue weighted by molar-refractivity contribution is 5.41. The van der Waals surface area contributed by atoms with E-state index in [4.69, 9.17) is 4.74 Å². The summed E-state index contributed by atoms with van der Waals surface area (Å²) in [5, 5.41) is 9.69. The van der Waals surface area contributed by atoms with Gasteiger partial charge in [-0.15, -0.1) is 0 Å². The summed E-state index contributed by atoms with van der Waals surface area (Å²) in [5.41, 5.74) is 1.48. The topological polar surface area (TPSA) is 32.7 Å². The quantitative estimate of drug-likeness (QED) is 0.889. The highest BCUT2D eigenvalue weighted by Gasteiger charge is 2.31. The van der Waals surface area contributed by atoms with Crippen LogP contribution in [0.2, 0.25) is 0 Å². The molecule has 0 unspecified atom stereocenters. The van der Waals surface area contributed by atoms with E-state index in [-0.39, 0.29) is 11.3 Å². The van der Waals surface area contributed by atoms with E-state index in [9.17, 15) is 5.11 Å². The number of benzene rings is 1. The summed E-state index contributed by atoms with van der Waals surface area (Å²) in [6.07, 6.45) is 2.52. The second-order valence-corrected chi connectivity index (χ2v) is 5.57. The van der Waals surface area contributed by atoms with Gasteiger partial charge in [0.15, 0.2) is 11.5 Å². The first-order valence-corrected chi connectivity index (χ1v) is 6.72. The van der Waals surface area contributed by atoms with E-state index < -0.39 is 0 Å². The van der Waals surface area contributed by atoms with Crippen LogP contribution in [0.1, 0.15) is 39.2 Å². The Hall–Kier alpha value is -1.22. The summed E-state index contributed by atoms with van der Waals surface area (Å²) in [6, 6.07) is 5.66. The van der Waals surface area contributed by atoms with Crippen molar-refractivity contribution >= 4 is 0 Å². The number of aromatic hydroxyl groups is 1. The monoisotopic (exact) mass is 249 g/mol. The summed E-state index contributed by atoms with van der Waals surface area (Å²) in [7, 11) is 0. The average Bonchev–Trinajstić information content (AvgIpc) is 2.63. The lowest BCUT2D eigenvalue weighted by Gasteiger charge is -2.31. The molecule has 1 aromatic rings. The molecule has 0 bridgehead atoms. The normalized spacial score (nSPS) is 19.1. The molecule has 100 valence electrons. The molecule has 1 saturated heterocycles. The van der Waals surface area contributed by atoms with Crippen molar-refractivity contribution in [2.45, 2.75) is 45.7 Å². The predicted octanol–water partition coefficient (Wildman–Crippen LogP) is 3.17. The number of hydrogen-bond acceptors (Lipinski definition) is 3. The fourth-order valence-corrected chi connectivity index (χ4v) is 2.60. The van der Waals surface area contributed by atoms with E-state index >= 15 is 0 Å². The van der Waals surface area contributed by atoms with Crippen LogP contribution in [0.4, 0.5) is 0 Å². The molecule has 1 aromatic carbocycles. The molecule has 0 radical (unpaired) electrons. The third-order valence-corrected chi connectivity index (χ3v) is 3.77. The average molecular weight is 249 g/mol. The summed E-state index contributed by atoms with van der Waals surface area (Å²) >= 11 is 0. The Labute approximate surface area is 109 Å². The Balaban J connectivity index is 2.12. The van der Waals surface area contributed by atoms with Crippen LogP contribution < -0.4 is 4.74 Å². The number of ether oxygens (including phenoxy) is 1. The second kappa shape index (κ2) is 5.19. The zero-order chi connectivity index (χ0) is 13.2. The highest BCUT2D eigenvalue weighted by Crippen LogP contribution is 2.32. The van der Waals surface area contributed by atoms with Gasteiger partial charge in [-0.3, -0.25) is 4.90 Å². The van der Waals surface area contributed by atoms with Crippen LogP contribution in [0.3, 0.4) is 0 Å². The van der Waals surface area contributed by atoms with Crippen molar-refractivity contribution < 1.29 is 9.84 Å². The summed E-state index contributed by atoms with van der Waals surface area (Å²) < 4.78 is 5.43. The molecule has 2 rings (SSSR count). The Morgan fingerprint density at radius 2 is 2.17 bits per heavy atom. The molecule has 0 atom stereocenters. The minimum atomic E-state index is 0.223. The molecule has 0 amide bonds. The first-order chi connectivity index (χ1) is 8.53. The number of likely N-dealkylation sites (tertiary alicyclic amines) is 1. The summed E-state index contributed by atoms with van der Waals surface area (Å²) in [5.74, 6) is 0.813. The molecule has 3 heteroatoms. The van der Waals surface area contributed by atoms with Crippen molar-refractivity contribution in [1.82, 2.24) is 4.90 Å². The van der Waals surface area contributed by atoms with E-state index in [1.807, 2.05) is 19.1 Å². The lowest BCUT2D eigenvalue weighted by Crippen LogP contribution is -2.37. The van der Waals surface area contributed by atoms with Gasteiger partial charge < -0.3 is 9.84 Å². The molecule has 1 fully saturated rings. The van der Waals surface area contributed by atoms with Crippen molar-refractivity contribution in [2.24, 2.45) is 0 Å². The maximum absolute atomic E-state index is 9.69. The van der Waals surface area contributed by atoms with Gasteiger partial charge in [-0.25, -0.2) is 0 Å². The van der Waals surface area contributed by atoms with E-state index in [0.29, 0.717) is 12.4 Å². The van der Waals surface area contributed by atoms with Crippen molar-refractivity contribution in [2.75, 3.05) is 13.2 Å². The number of rotatable bonds is 4. The Kier molecular flexibility index (Phi) is 3.81. The maximum atomic E-state index is 9.69. The Morgan fingerprint density at radius 1 is 1.39 bits per heavy atom. The second-order valence-electron chi connectivity index (χ2n) is 5.57. The standard InChI is InChI=1S/C15H23NO2/c1-4-18-14-10-12(6-7-13(14)17)11-16-9-5-8-15(16,2)3/h6-7,10,17H,4-5,8-9,11H2,1-3H3. The molecule has 0 aromatic heterocycles. The van der Waals surface area contributed by atoms with Gasteiger partial charge in [0.2, 0.25) is 0 Å². The van der Waals surface area contributed by atoms with Gasteiger partial charge in [0, 0.05) is 12.1 Å². The van der Waals surface area contributed by atoms with Gasteiger partial charge in [-0.2, -0.15) is 0 Å². The zero-order valence-electron chi connectivity index (χ0n) is 11.6. The lowest BCUT2D eigenvalue weighted by atomic mass is 10.0. The molecule has 0 spiro atoms. The van der Waals surface area contributed by atoms with Crippen LogP contribution in [-0.2, 0) is 6.54 Å². The van der Waals surface area contributed by atoms with Gasteiger partial charge in [-0.05, 0) is 57.9 Å². The third kappa shape index (κ3) is 2.78. The molecule has 0 saturated carbocycles. The summed E-state index contributed by atoms with van der Waals surface area (Å²) in [6.45, 7) is 9.17. The fourth-order valence-electron chi connectivity index (χ4n) is 2.60. The van der Waals surface area contributed by atoms with Crippen LogP contribution in [0, 0.1) is 0 Å². The SMILES string of the molecule is CCOc1cc(CN2CCCC2(C)C)ccc1O. The number of nitrogens with zero attached hydrogens (tertiary/aromatic N) is 1. The molecule has 1 N–H and O–H groups in total. The zero-order valence-corrected chi connectivity index (χ0v) is 11.6. The van der Waals surface area contributed by atoms with E-state index in [0.717, 1.165) is 13.1 Å². The van der Waals surface area contributed by atoms with Gasteiger partial charge in [-0.1, -0.05) is 6.07 Å². The molecule has 1 aliphatic rings. The molecule has 18 heavy (non-hydrogen) atoms. The summed E-state index contributed by atoms with van der Waals surface area (Å²) in [4.78, 5) is 2.50. The van der Waals surface area contributed by atoms with Crippen molar-refractivity contribution in [3.8, 4) is 11.5 Å². The van der Waals surface area contributed by atoms with Gasteiger partial charge in [0.1, 0.15) is 0 Å². The molecule has 3 nitrogen and oxygen atoms in total. The van der Waals surface area contributed by atoms with Crippen LogP contribution in [0.5, 0.6) is 11.5 Å². The minimum Gasteiger partial charge on any atom is -0.504 e. The van der Waals surface area contributed by atoms with Crippen LogP contribution in [-0.4, -0.2) is 28.7 Å². The van der Waals surface area contributed by atoms with Gasteiger partial charge in [0.05, 0.1) is 6.61 Å². The fraction of sp³-hybridized carbons (Fsp3) is 0.600. The van der Waals surface area contributed by atoms with E-state index in [1.165, 1.54) is 18.4 Å². The number of hydrogen-bond donors (Lipinski definition) is 1. The van der Waals surface area contributed by atoms with E-state index in [1.54, 1.807) is 6.07 Å². The molecular weight excluding hydrogens is 226 g/mol. The van der Waals surface area contributed by atoms with Crippen molar-refractivity contribution in [3.05, 3.63) is 23.8 Å². The largest absolute Gasteiger partial charge is 0.504 e. The van der Waals surface area contributed by atoms with Crippen molar-refractivity contribution in [1.29, 1.82) is 0 Å². The van der Waals surface area contributed by atoms with Crippen LogP contribution >= 0.6 is 0 Å². The third-order valence-electron chi connectivity index (χ3n) is 3.77. The molecular formula is C15H23NO2. The molecule has 1 aliphatic heterocycles. The van der Waals surface area contributed by atoms with Gasteiger partial charge in [0.25, 0.3) is 0 Å². The Morgan fingerprint density at radius 3 is 2.78 bits per heavy atom. The van der Waals surface area contributed by atoms with Crippen molar-refractivity contribution in [3.63, 3.8) is 0 Å². The van der Waals surface area contributed by atoms with Crippen LogP contribution in [0.25, 0.3) is 0 Å². The van der Waals surface area contributed by atoms with Crippen LogP contribution in [0.15, 0.2) is 18.2 Å². The number of phenolic OH excluding ortho intramolecular Hbond substituents is 1. The predicted molar refractivity (Wildman–Crippen MR) is 73.0 cm³/mol. The smallest absolute Gasteiger partial charge is 0.161 e. The number of phenols is 1. The molecule has 1 heterocycles. The highest BCUT2D eigenvalue weighted by atomic mass is 16.5. The lowest BCUT2D eigenvalue weighted by molar-refractivity contribution is 0.166.